The number of hydrogen-bond acceptors (Lipinski definition) is 8. The molecule has 8 heteroatoms. The Morgan fingerprint density at radius 3 is 2.70 bits per heavy atom. The third kappa shape index (κ3) is 2.67. The first-order valence-corrected chi connectivity index (χ1v) is 7.50. The fourth-order valence-electron chi connectivity index (χ4n) is 2.05. The van der Waals surface area contributed by atoms with E-state index < -0.39 is 0 Å². The highest BCUT2D eigenvalue weighted by atomic mass is 32.1. The molecule has 3 rings (SSSR count). The van der Waals surface area contributed by atoms with E-state index in [9.17, 15) is 0 Å². The Bertz CT molecular complexity index is 572. The van der Waals surface area contributed by atoms with E-state index >= 15 is 0 Å². The monoisotopic (exact) mass is 294 g/mol. The molecule has 1 unspecified atom stereocenters. The molecule has 1 fully saturated rings. The van der Waals surface area contributed by atoms with Crippen LogP contribution in [0.5, 0.6) is 0 Å². The average molecular weight is 294 g/mol. The first-order chi connectivity index (χ1) is 9.63. The minimum absolute atomic E-state index is 0.0752. The van der Waals surface area contributed by atoms with E-state index in [1.54, 1.807) is 0 Å². The van der Waals surface area contributed by atoms with E-state index in [1.807, 2.05) is 12.3 Å². The standard InChI is InChI=1S/C12H18N6OS/c1-8(13)11-14-9(7-20-11)10-15-12(16-19-10)18-5-3-17(2)4-6-18/h7-8H,3-6,13H2,1-2H3. The van der Waals surface area contributed by atoms with Crippen molar-refractivity contribution in [3.8, 4) is 11.6 Å². The largest absolute Gasteiger partial charge is 0.336 e. The minimum Gasteiger partial charge on any atom is -0.336 e. The first-order valence-electron chi connectivity index (χ1n) is 6.62. The van der Waals surface area contributed by atoms with Crippen molar-refractivity contribution in [1.82, 2.24) is 20.0 Å². The highest BCUT2D eigenvalue weighted by Crippen LogP contribution is 2.25. The summed E-state index contributed by atoms with van der Waals surface area (Å²) in [4.78, 5) is 13.3. The van der Waals surface area contributed by atoms with E-state index in [2.05, 4.69) is 32.0 Å². The lowest BCUT2D eigenvalue weighted by Crippen LogP contribution is -2.44. The summed E-state index contributed by atoms with van der Waals surface area (Å²) in [6.07, 6.45) is 0. The molecule has 7 nitrogen and oxygen atoms in total. The Labute approximate surface area is 121 Å². The molecule has 108 valence electrons. The predicted octanol–water partition coefficient (Wildman–Crippen LogP) is 0.965. The molecule has 2 N–H and O–H groups in total. The van der Waals surface area contributed by atoms with Crippen molar-refractivity contribution < 1.29 is 4.52 Å². The lowest BCUT2D eigenvalue weighted by atomic mass is 10.3. The molecule has 2 aromatic rings. The zero-order chi connectivity index (χ0) is 14.1. The number of thiazole rings is 1. The average Bonchev–Trinajstić information content (AvgIpc) is 3.08. The summed E-state index contributed by atoms with van der Waals surface area (Å²) < 4.78 is 5.31. The third-order valence-corrected chi connectivity index (χ3v) is 4.38. The second-order valence-electron chi connectivity index (χ2n) is 5.05. The number of likely N-dealkylation sites (N-methyl/N-ethyl adjacent to an activating group) is 1. The maximum Gasteiger partial charge on any atom is 0.278 e. The smallest absolute Gasteiger partial charge is 0.278 e. The lowest BCUT2D eigenvalue weighted by molar-refractivity contribution is 0.309. The van der Waals surface area contributed by atoms with Crippen molar-refractivity contribution in [2.24, 2.45) is 5.73 Å². The molecule has 2 aromatic heterocycles. The summed E-state index contributed by atoms with van der Waals surface area (Å²) >= 11 is 1.51. The van der Waals surface area contributed by atoms with Crippen LogP contribution in [0.3, 0.4) is 0 Å². The van der Waals surface area contributed by atoms with Gasteiger partial charge in [0.25, 0.3) is 11.8 Å². The number of aromatic nitrogens is 3. The number of piperazine rings is 1. The summed E-state index contributed by atoms with van der Waals surface area (Å²) in [5.74, 6) is 1.10. The second-order valence-corrected chi connectivity index (χ2v) is 5.94. The van der Waals surface area contributed by atoms with E-state index in [0.29, 0.717) is 17.5 Å². The third-order valence-electron chi connectivity index (χ3n) is 3.33. The van der Waals surface area contributed by atoms with Crippen LogP contribution in [-0.4, -0.2) is 53.3 Å². The number of anilines is 1. The van der Waals surface area contributed by atoms with Crippen molar-refractivity contribution in [3.63, 3.8) is 0 Å². The molecule has 0 saturated carbocycles. The molecule has 1 aliphatic heterocycles. The van der Waals surface area contributed by atoms with Crippen LogP contribution in [0.25, 0.3) is 11.6 Å². The normalized spacial score (nSPS) is 18.4. The minimum atomic E-state index is -0.0752. The van der Waals surface area contributed by atoms with Crippen molar-refractivity contribution in [1.29, 1.82) is 0 Å². The molecule has 1 atom stereocenters. The van der Waals surface area contributed by atoms with Gasteiger partial charge in [-0.05, 0) is 19.1 Å². The zero-order valence-electron chi connectivity index (χ0n) is 11.6. The summed E-state index contributed by atoms with van der Waals surface area (Å²) in [6.45, 7) is 5.76. The van der Waals surface area contributed by atoms with E-state index in [0.717, 1.165) is 31.2 Å². The SMILES string of the molecule is CC(N)c1nc(-c2nc(N3CCN(C)CC3)no2)cs1. The molecule has 0 aromatic carbocycles. The molecule has 0 radical (unpaired) electrons. The fraction of sp³-hybridized carbons (Fsp3) is 0.583. The van der Waals surface area contributed by atoms with Gasteiger partial charge in [-0.2, -0.15) is 4.98 Å². The van der Waals surface area contributed by atoms with Gasteiger partial charge in [0, 0.05) is 31.6 Å². The highest BCUT2D eigenvalue weighted by molar-refractivity contribution is 7.10. The van der Waals surface area contributed by atoms with Gasteiger partial charge in [-0.25, -0.2) is 4.98 Å². The molecule has 0 spiro atoms. The van der Waals surface area contributed by atoms with E-state index in [-0.39, 0.29) is 6.04 Å². The Morgan fingerprint density at radius 1 is 1.30 bits per heavy atom. The summed E-state index contributed by atoms with van der Waals surface area (Å²) in [6, 6.07) is -0.0752. The fourth-order valence-corrected chi connectivity index (χ4v) is 2.80. The molecular weight excluding hydrogens is 276 g/mol. The highest BCUT2D eigenvalue weighted by Gasteiger charge is 2.20. The molecular formula is C12H18N6OS. The van der Waals surface area contributed by atoms with Crippen LogP contribution in [0, 0.1) is 0 Å². The van der Waals surface area contributed by atoms with Crippen molar-refractivity contribution in [2.45, 2.75) is 13.0 Å². The first kappa shape index (κ1) is 13.5. The number of nitrogens with zero attached hydrogens (tertiary/aromatic N) is 5. The van der Waals surface area contributed by atoms with Gasteiger partial charge in [-0.15, -0.1) is 11.3 Å². The van der Waals surface area contributed by atoms with Crippen LogP contribution >= 0.6 is 11.3 Å². The van der Waals surface area contributed by atoms with Crippen molar-refractivity contribution in [3.05, 3.63) is 10.4 Å². The van der Waals surface area contributed by atoms with Gasteiger partial charge < -0.3 is 20.1 Å². The van der Waals surface area contributed by atoms with E-state index in [4.69, 9.17) is 10.3 Å². The number of rotatable bonds is 3. The summed E-state index contributed by atoms with van der Waals surface area (Å²) in [7, 11) is 2.11. The van der Waals surface area contributed by atoms with Gasteiger partial charge in [0.05, 0.1) is 6.04 Å². The molecule has 1 saturated heterocycles. The molecule has 1 aliphatic rings. The maximum atomic E-state index is 5.81. The van der Waals surface area contributed by atoms with Gasteiger partial charge >= 0.3 is 0 Å². The van der Waals surface area contributed by atoms with Crippen molar-refractivity contribution >= 4 is 17.3 Å². The van der Waals surface area contributed by atoms with Gasteiger partial charge in [-0.1, -0.05) is 0 Å². The van der Waals surface area contributed by atoms with Crippen LogP contribution in [0.4, 0.5) is 5.95 Å². The number of nitrogens with two attached hydrogens (primary N) is 1. The van der Waals surface area contributed by atoms with Crippen LogP contribution in [0.15, 0.2) is 9.90 Å². The maximum absolute atomic E-state index is 5.81. The molecule has 0 aliphatic carbocycles. The molecule has 0 amide bonds. The Kier molecular flexibility index (Phi) is 3.68. The van der Waals surface area contributed by atoms with Crippen molar-refractivity contribution in [2.75, 3.05) is 38.1 Å². The predicted molar refractivity (Wildman–Crippen MR) is 77.7 cm³/mol. The van der Waals surface area contributed by atoms with Gasteiger partial charge in [-0.3, -0.25) is 0 Å². The second kappa shape index (κ2) is 5.47. The Balaban J connectivity index is 1.75. The Morgan fingerprint density at radius 2 is 2.05 bits per heavy atom. The molecule has 0 bridgehead atoms. The van der Waals surface area contributed by atoms with E-state index in [1.165, 1.54) is 11.3 Å². The van der Waals surface area contributed by atoms with Crippen LogP contribution in [-0.2, 0) is 0 Å². The van der Waals surface area contributed by atoms with Crippen LogP contribution in [0.2, 0.25) is 0 Å². The summed E-state index contributed by atoms with van der Waals surface area (Å²) in [5.41, 5.74) is 6.51. The lowest BCUT2D eigenvalue weighted by Gasteiger charge is -2.31. The molecule has 20 heavy (non-hydrogen) atoms. The molecule has 3 heterocycles. The number of hydrogen-bond donors (Lipinski definition) is 1. The van der Waals surface area contributed by atoms with Gasteiger partial charge in [0.15, 0.2) is 0 Å². The van der Waals surface area contributed by atoms with Gasteiger partial charge in [0.2, 0.25) is 0 Å². The van der Waals surface area contributed by atoms with Crippen LogP contribution < -0.4 is 10.6 Å². The Hall–Kier alpha value is -1.51. The van der Waals surface area contributed by atoms with Gasteiger partial charge in [0.1, 0.15) is 10.7 Å². The summed E-state index contributed by atoms with van der Waals surface area (Å²) in [5, 5.41) is 6.83. The quantitative estimate of drug-likeness (QED) is 0.902. The van der Waals surface area contributed by atoms with Crippen LogP contribution in [0.1, 0.15) is 18.0 Å². The topological polar surface area (TPSA) is 84.3 Å². The zero-order valence-corrected chi connectivity index (χ0v) is 12.4.